The molecule has 0 unspecified atom stereocenters. The lowest BCUT2D eigenvalue weighted by atomic mass is 10.1. The van der Waals surface area contributed by atoms with Gasteiger partial charge in [-0.25, -0.2) is 0 Å². The Balaban J connectivity index is 1.64. The van der Waals surface area contributed by atoms with E-state index in [1.165, 1.54) is 18.2 Å². The number of imide groups is 1. The fourth-order valence-electron chi connectivity index (χ4n) is 2.37. The number of nitrogens with two attached hydrogens (primary N) is 1. The van der Waals surface area contributed by atoms with Crippen LogP contribution in [0.4, 0.5) is 4.79 Å². The van der Waals surface area contributed by atoms with Crippen molar-refractivity contribution in [2.75, 3.05) is 6.61 Å². The predicted molar refractivity (Wildman–Crippen MR) is 102 cm³/mol. The van der Waals surface area contributed by atoms with Crippen molar-refractivity contribution in [2.45, 2.75) is 0 Å². The number of thioether (sulfide) groups is 1. The highest BCUT2D eigenvalue weighted by molar-refractivity contribution is 8.18. The molecule has 1 saturated heterocycles. The third kappa shape index (κ3) is 4.38. The normalized spacial score (nSPS) is 14.8. The van der Waals surface area contributed by atoms with Crippen molar-refractivity contribution in [3.63, 3.8) is 0 Å². The number of benzene rings is 2. The first-order valence-electron chi connectivity index (χ1n) is 7.97. The maximum atomic E-state index is 12.2. The molecular formula is C19H14N2O6S. The molecule has 0 saturated carbocycles. The van der Waals surface area contributed by atoms with Gasteiger partial charge < -0.3 is 15.6 Å². The summed E-state index contributed by atoms with van der Waals surface area (Å²) in [4.78, 5) is 46.4. The molecule has 2 aromatic carbocycles. The number of aromatic hydroxyl groups is 1. The minimum absolute atomic E-state index is 0.143. The van der Waals surface area contributed by atoms with Gasteiger partial charge in [0, 0.05) is 5.56 Å². The minimum Gasteiger partial charge on any atom is -0.507 e. The zero-order chi connectivity index (χ0) is 20.3. The summed E-state index contributed by atoms with van der Waals surface area (Å²) in [5, 5.41) is 11.3. The van der Waals surface area contributed by atoms with Crippen LogP contribution < -0.4 is 15.8 Å². The van der Waals surface area contributed by atoms with E-state index in [1.54, 1.807) is 30.3 Å². The highest BCUT2D eigenvalue weighted by atomic mass is 32.2. The molecule has 8 nitrogen and oxygen atoms in total. The van der Waals surface area contributed by atoms with E-state index in [-0.39, 0.29) is 23.5 Å². The summed E-state index contributed by atoms with van der Waals surface area (Å²) >= 11 is 0.824. The molecule has 1 aliphatic rings. The van der Waals surface area contributed by atoms with Crippen molar-refractivity contribution >= 4 is 40.7 Å². The molecule has 1 fully saturated rings. The number of hydrogen-bond acceptors (Lipinski definition) is 7. The molecule has 0 aromatic heterocycles. The number of primary amides is 1. The number of Topliss-reactive ketones (excluding diaryl/α,β-unsaturated/α-hetero) is 1. The zero-order valence-corrected chi connectivity index (χ0v) is 15.1. The van der Waals surface area contributed by atoms with Crippen molar-refractivity contribution in [3.8, 4) is 11.5 Å². The zero-order valence-electron chi connectivity index (χ0n) is 14.3. The molecule has 0 bridgehead atoms. The lowest BCUT2D eigenvalue weighted by molar-refractivity contribution is -0.115. The van der Waals surface area contributed by atoms with Crippen LogP contribution in [0.3, 0.4) is 0 Å². The number of carbonyl (C=O) groups is 4. The molecule has 0 spiro atoms. The second-order valence-electron chi connectivity index (χ2n) is 5.73. The Labute approximate surface area is 163 Å². The molecule has 3 amide bonds. The second-order valence-corrected chi connectivity index (χ2v) is 6.74. The van der Waals surface area contributed by atoms with Crippen molar-refractivity contribution in [1.29, 1.82) is 0 Å². The summed E-state index contributed by atoms with van der Waals surface area (Å²) in [6, 6.07) is 10.4. The van der Waals surface area contributed by atoms with Gasteiger partial charge in [0.15, 0.2) is 12.4 Å². The number of carbonyl (C=O) groups excluding carboxylic acids is 4. The van der Waals surface area contributed by atoms with Crippen LogP contribution in [-0.4, -0.2) is 34.6 Å². The average molecular weight is 398 g/mol. The number of rotatable bonds is 6. The molecule has 1 heterocycles. The van der Waals surface area contributed by atoms with Gasteiger partial charge >= 0.3 is 0 Å². The van der Waals surface area contributed by atoms with E-state index in [4.69, 9.17) is 10.5 Å². The molecular weight excluding hydrogens is 384 g/mol. The first-order valence-corrected chi connectivity index (χ1v) is 8.79. The summed E-state index contributed by atoms with van der Waals surface area (Å²) in [6.45, 7) is -0.282. The Morgan fingerprint density at radius 2 is 1.86 bits per heavy atom. The molecule has 142 valence electrons. The standard InChI is InChI=1S/C19H14N2O6S/c20-17(24)13-8-11(3-6-14(13)22)15(23)9-27-12-4-1-10(2-5-12)7-16-18(25)21-19(26)28-16/h1-8,22H,9H2,(H2,20,24)(H,21,25,26)/b16-7-. The fraction of sp³-hybridized carbons (Fsp3) is 0.0526. The van der Waals surface area contributed by atoms with Crippen molar-refractivity contribution in [2.24, 2.45) is 5.73 Å². The van der Waals surface area contributed by atoms with Crippen LogP contribution in [0.2, 0.25) is 0 Å². The number of hydrogen-bond donors (Lipinski definition) is 3. The average Bonchev–Trinajstić information content (AvgIpc) is 2.98. The Kier molecular flexibility index (Phi) is 5.46. The largest absolute Gasteiger partial charge is 0.507 e. The molecule has 0 aliphatic carbocycles. The van der Waals surface area contributed by atoms with Gasteiger partial charge in [-0.2, -0.15) is 0 Å². The third-order valence-electron chi connectivity index (χ3n) is 3.77. The molecule has 1 aliphatic heterocycles. The van der Waals surface area contributed by atoms with Crippen LogP contribution >= 0.6 is 11.8 Å². The fourth-order valence-corrected chi connectivity index (χ4v) is 3.05. The van der Waals surface area contributed by atoms with Crippen LogP contribution in [-0.2, 0) is 4.79 Å². The number of ether oxygens (including phenoxy) is 1. The molecule has 9 heteroatoms. The lowest BCUT2D eigenvalue weighted by Crippen LogP contribution is -2.17. The van der Waals surface area contributed by atoms with Gasteiger partial charge in [-0.05, 0) is 53.7 Å². The smallest absolute Gasteiger partial charge is 0.290 e. The van der Waals surface area contributed by atoms with E-state index in [0.717, 1.165) is 11.8 Å². The van der Waals surface area contributed by atoms with Crippen molar-refractivity contribution < 1.29 is 29.0 Å². The Bertz CT molecular complexity index is 1010. The highest BCUT2D eigenvalue weighted by Crippen LogP contribution is 2.26. The molecule has 28 heavy (non-hydrogen) atoms. The van der Waals surface area contributed by atoms with Crippen LogP contribution in [0, 0.1) is 0 Å². The van der Waals surface area contributed by atoms with Gasteiger partial charge in [-0.15, -0.1) is 0 Å². The summed E-state index contributed by atoms with van der Waals surface area (Å²) < 4.78 is 5.43. The number of nitrogens with one attached hydrogen (secondary N) is 1. The maximum Gasteiger partial charge on any atom is 0.290 e. The number of phenols is 1. The molecule has 4 N–H and O–H groups in total. The van der Waals surface area contributed by atoms with Crippen molar-refractivity contribution in [3.05, 3.63) is 64.1 Å². The molecule has 0 atom stereocenters. The van der Waals surface area contributed by atoms with E-state index in [1.807, 2.05) is 0 Å². The first kappa shape index (κ1) is 19.2. The molecule has 0 radical (unpaired) electrons. The summed E-state index contributed by atoms with van der Waals surface area (Å²) in [5.74, 6) is -1.56. The molecule has 3 rings (SSSR count). The Hall–Kier alpha value is -3.59. The first-order chi connectivity index (χ1) is 13.3. The van der Waals surface area contributed by atoms with E-state index in [9.17, 15) is 24.3 Å². The van der Waals surface area contributed by atoms with E-state index in [2.05, 4.69) is 5.32 Å². The summed E-state index contributed by atoms with van der Waals surface area (Å²) in [7, 11) is 0. The van der Waals surface area contributed by atoms with E-state index >= 15 is 0 Å². The Morgan fingerprint density at radius 3 is 2.46 bits per heavy atom. The van der Waals surface area contributed by atoms with Crippen molar-refractivity contribution in [1.82, 2.24) is 5.32 Å². The SMILES string of the molecule is NC(=O)c1cc(C(=O)COc2ccc(/C=C3\SC(=O)NC3=O)cc2)ccc1O. The second kappa shape index (κ2) is 7.97. The van der Waals surface area contributed by atoms with Gasteiger partial charge in [0.25, 0.3) is 17.1 Å². The van der Waals surface area contributed by atoms with Gasteiger partial charge in [-0.1, -0.05) is 12.1 Å². The third-order valence-corrected chi connectivity index (χ3v) is 4.58. The summed E-state index contributed by atoms with van der Waals surface area (Å²) in [6.07, 6.45) is 1.57. The van der Waals surface area contributed by atoms with Crippen LogP contribution in [0.25, 0.3) is 6.08 Å². The predicted octanol–water partition coefficient (Wildman–Crippen LogP) is 2.08. The lowest BCUT2D eigenvalue weighted by Gasteiger charge is -2.07. The minimum atomic E-state index is -0.839. The highest BCUT2D eigenvalue weighted by Gasteiger charge is 2.24. The van der Waals surface area contributed by atoms with Crippen LogP contribution in [0.1, 0.15) is 26.3 Å². The van der Waals surface area contributed by atoms with Gasteiger partial charge in [0.2, 0.25) is 0 Å². The topological polar surface area (TPSA) is 136 Å². The number of amides is 3. The quantitative estimate of drug-likeness (QED) is 0.500. The van der Waals surface area contributed by atoms with Gasteiger partial charge in [0.05, 0.1) is 10.5 Å². The van der Waals surface area contributed by atoms with Crippen LogP contribution in [0.5, 0.6) is 11.5 Å². The van der Waals surface area contributed by atoms with E-state index < -0.39 is 22.8 Å². The van der Waals surface area contributed by atoms with Crippen LogP contribution in [0.15, 0.2) is 47.4 Å². The molecule has 2 aromatic rings. The Morgan fingerprint density at radius 1 is 1.14 bits per heavy atom. The number of ketones is 1. The van der Waals surface area contributed by atoms with Gasteiger partial charge in [0.1, 0.15) is 11.5 Å². The van der Waals surface area contributed by atoms with E-state index in [0.29, 0.717) is 16.2 Å². The summed E-state index contributed by atoms with van der Waals surface area (Å²) in [5.41, 5.74) is 5.88. The maximum absolute atomic E-state index is 12.2. The monoisotopic (exact) mass is 398 g/mol. The van der Waals surface area contributed by atoms with Gasteiger partial charge in [-0.3, -0.25) is 24.5 Å².